The molecule has 0 saturated heterocycles. The number of hydrogen-bond donors (Lipinski definition) is 0. The third-order valence-electron chi connectivity index (χ3n) is 3.62. The maximum Gasteiger partial charge on any atom is 0.280 e. The first kappa shape index (κ1) is 15.0. The summed E-state index contributed by atoms with van der Waals surface area (Å²) in [6, 6.07) is 14.2. The molecular formula is C17H13N5O3. The van der Waals surface area contributed by atoms with E-state index in [4.69, 9.17) is 9.26 Å². The second kappa shape index (κ2) is 6.16. The van der Waals surface area contributed by atoms with Gasteiger partial charge in [-0.2, -0.15) is 9.67 Å². The first-order valence-electron chi connectivity index (χ1n) is 7.57. The quantitative estimate of drug-likeness (QED) is 0.564. The third kappa shape index (κ3) is 2.97. The molecule has 124 valence electrons. The smallest absolute Gasteiger partial charge is 0.280 e. The molecule has 0 radical (unpaired) electrons. The molecule has 0 amide bonds. The summed E-state index contributed by atoms with van der Waals surface area (Å²) < 4.78 is 11.8. The average Bonchev–Trinajstić information content (AvgIpc) is 3.08. The monoisotopic (exact) mass is 335 g/mol. The molecule has 2 heterocycles. The van der Waals surface area contributed by atoms with Crippen LogP contribution in [0.5, 0.6) is 5.75 Å². The van der Waals surface area contributed by atoms with E-state index in [1.807, 2.05) is 18.2 Å². The van der Waals surface area contributed by atoms with Crippen LogP contribution < -0.4 is 10.3 Å². The van der Waals surface area contributed by atoms with Crippen molar-refractivity contribution in [2.45, 2.75) is 13.7 Å². The highest BCUT2D eigenvalue weighted by atomic mass is 16.5. The van der Waals surface area contributed by atoms with Crippen molar-refractivity contribution in [3.05, 3.63) is 64.8 Å². The van der Waals surface area contributed by atoms with E-state index in [1.165, 1.54) is 4.68 Å². The van der Waals surface area contributed by atoms with Gasteiger partial charge >= 0.3 is 0 Å². The van der Waals surface area contributed by atoms with Crippen molar-refractivity contribution in [2.75, 3.05) is 0 Å². The van der Waals surface area contributed by atoms with E-state index in [1.54, 1.807) is 37.3 Å². The van der Waals surface area contributed by atoms with Gasteiger partial charge in [-0.15, -0.1) is 5.10 Å². The van der Waals surface area contributed by atoms with Crippen LogP contribution in [0.25, 0.3) is 22.3 Å². The molecule has 0 bridgehead atoms. The summed E-state index contributed by atoms with van der Waals surface area (Å²) in [6.07, 6.45) is 0. The number of rotatable bonds is 4. The van der Waals surface area contributed by atoms with Crippen LogP contribution in [0.15, 0.2) is 57.8 Å². The molecule has 0 atom stereocenters. The molecule has 25 heavy (non-hydrogen) atoms. The van der Waals surface area contributed by atoms with Crippen LogP contribution in [-0.2, 0) is 6.73 Å². The van der Waals surface area contributed by atoms with E-state index in [0.717, 1.165) is 5.56 Å². The highest BCUT2D eigenvalue weighted by Crippen LogP contribution is 2.20. The van der Waals surface area contributed by atoms with Crippen LogP contribution in [0.4, 0.5) is 0 Å². The Morgan fingerprint density at radius 1 is 1.12 bits per heavy atom. The topological polar surface area (TPSA) is 95.9 Å². The molecule has 2 aromatic heterocycles. The minimum Gasteiger partial charge on any atom is -0.471 e. The summed E-state index contributed by atoms with van der Waals surface area (Å²) >= 11 is 0. The Morgan fingerprint density at radius 3 is 2.68 bits per heavy atom. The van der Waals surface area contributed by atoms with Crippen LogP contribution in [-0.4, -0.2) is 25.1 Å². The van der Waals surface area contributed by atoms with Gasteiger partial charge in [-0.3, -0.25) is 4.79 Å². The summed E-state index contributed by atoms with van der Waals surface area (Å²) in [5.74, 6) is 1.61. The van der Waals surface area contributed by atoms with Gasteiger partial charge in [0.1, 0.15) is 11.3 Å². The van der Waals surface area contributed by atoms with Gasteiger partial charge in [0.15, 0.2) is 6.73 Å². The molecule has 4 rings (SSSR count). The summed E-state index contributed by atoms with van der Waals surface area (Å²) in [5.41, 5.74) is 1.12. The van der Waals surface area contributed by atoms with Crippen molar-refractivity contribution in [1.82, 2.24) is 25.1 Å². The maximum atomic E-state index is 12.3. The van der Waals surface area contributed by atoms with E-state index in [-0.39, 0.29) is 12.3 Å². The zero-order valence-electron chi connectivity index (χ0n) is 13.3. The largest absolute Gasteiger partial charge is 0.471 e. The number of nitrogens with zero attached hydrogens (tertiary/aromatic N) is 5. The van der Waals surface area contributed by atoms with Crippen molar-refractivity contribution in [1.29, 1.82) is 0 Å². The number of hydrogen-bond acceptors (Lipinski definition) is 7. The first-order chi connectivity index (χ1) is 12.2. The van der Waals surface area contributed by atoms with E-state index < -0.39 is 0 Å². The Bertz CT molecular complexity index is 1090. The number of benzene rings is 2. The van der Waals surface area contributed by atoms with Crippen LogP contribution in [0.1, 0.15) is 5.89 Å². The molecule has 8 heteroatoms. The van der Waals surface area contributed by atoms with Gasteiger partial charge in [0.05, 0.1) is 5.39 Å². The minimum absolute atomic E-state index is 0.0304. The molecule has 0 aliphatic rings. The normalized spacial score (nSPS) is 10.9. The highest BCUT2D eigenvalue weighted by Gasteiger charge is 2.07. The second-order valence-electron chi connectivity index (χ2n) is 5.35. The first-order valence-corrected chi connectivity index (χ1v) is 7.57. The van der Waals surface area contributed by atoms with Crippen molar-refractivity contribution >= 4 is 10.9 Å². The Labute approximate surface area is 141 Å². The van der Waals surface area contributed by atoms with Gasteiger partial charge < -0.3 is 9.26 Å². The molecule has 2 aromatic carbocycles. The highest BCUT2D eigenvalue weighted by molar-refractivity contribution is 5.76. The van der Waals surface area contributed by atoms with Gasteiger partial charge in [0.25, 0.3) is 5.56 Å². The van der Waals surface area contributed by atoms with Crippen molar-refractivity contribution < 1.29 is 9.26 Å². The predicted molar refractivity (Wildman–Crippen MR) is 88.9 cm³/mol. The van der Waals surface area contributed by atoms with Gasteiger partial charge in [-0.1, -0.05) is 22.5 Å². The summed E-state index contributed by atoms with van der Waals surface area (Å²) in [5, 5.41) is 12.3. The number of fused-ring (bicyclic) bond motifs is 1. The summed E-state index contributed by atoms with van der Waals surface area (Å²) in [4.78, 5) is 16.5. The van der Waals surface area contributed by atoms with E-state index in [2.05, 4.69) is 20.5 Å². The average molecular weight is 335 g/mol. The predicted octanol–water partition coefficient (Wildman–Crippen LogP) is 2.19. The lowest BCUT2D eigenvalue weighted by molar-refractivity contribution is 0.210. The Hall–Kier alpha value is -3.55. The van der Waals surface area contributed by atoms with E-state index >= 15 is 0 Å². The van der Waals surface area contributed by atoms with Crippen molar-refractivity contribution in [3.63, 3.8) is 0 Å². The lowest BCUT2D eigenvalue weighted by Gasteiger charge is -2.08. The molecule has 0 spiro atoms. The number of ether oxygens (including phenoxy) is 1. The summed E-state index contributed by atoms with van der Waals surface area (Å²) in [6.45, 7) is 1.70. The maximum absolute atomic E-state index is 12.3. The van der Waals surface area contributed by atoms with Crippen LogP contribution in [0.3, 0.4) is 0 Å². The fourth-order valence-electron chi connectivity index (χ4n) is 2.36. The molecule has 8 nitrogen and oxygen atoms in total. The van der Waals surface area contributed by atoms with Crippen LogP contribution >= 0.6 is 0 Å². The fraction of sp³-hybridized carbons (Fsp3) is 0.118. The van der Waals surface area contributed by atoms with Gasteiger partial charge in [-0.25, -0.2) is 0 Å². The minimum atomic E-state index is -0.246. The zero-order valence-corrected chi connectivity index (χ0v) is 13.3. The molecular weight excluding hydrogens is 322 g/mol. The molecule has 4 aromatic rings. The SMILES string of the molecule is Cc1nc(-c2ccc(OCn3nnc4ccccc4c3=O)cc2)no1. The van der Waals surface area contributed by atoms with Gasteiger partial charge in [0, 0.05) is 12.5 Å². The molecule has 0 unspecified atom stereocenters. The molecule has 0 fully saturated rings. The van der Waals surface area contributed by atoms with E-state index in [9.17, 15) is 4.79 Å². The second-order valence-corrected chi connectivity index (χ2v) is 5.35. The molecule has 0 aliphatic heterocycles. The Morgan fingerprint density at radius 2 is 1.92 bits per heavy atom. The van der Waals surface area contributed by atoms with Gasteiger partial charge in [-0.05, 0) is 36.4 Å². The third-order valence-corrected chi connectivity index (χ3v) is 3.62. The Kier molecular flexibility index (Phi) is 3.70. The molecule has 0 aliphatic carbocycles. The van der Waals surface area contributed by atoms with Crippen LogP contribution in [0.2, 0.25) is 0 Å². The zero-order chi connectivity index (χ0) is 17.2. The standard InChI is InChI=1S/C17H13N5O3/c1-11-18-16(20-25-11)12-6-8-13(9-7-12)24-10-22-17(23)14-4-2-3-5-15(14)19-21-22/h2-9H,10H2,1H3. The lowest BCUT2D eigenvalue weighted by atomic mass is 10.2. The number of aryl methyl sites for hydroxylation is 1. The molecule has 0 saturated carbocycles. The van der Waals surface area contributed by atoms with Gasteiger partial charge in [0.2, 0.25) is 11.7 Å². The van der Waals surface area contributed by atoms with E-state index in [0.29, 0.717) is 28.4 Å². The Balaban J connectivity index is 1.52. The van der Waals surface area contributed by atoms with Crippen molar-refractivity contribution in [2.24, 2.45) is 0 Å². The number of aromatic nitrogens is 5. The molecule has 0 N–H and O–H groups in total. The lowest BCUT2D eigenvalue weighted by Crippen LogP contribution is -2.26. The van der Waals surface area contributed by atoms with Crippen molar-refractivity contribution in [3.8, 4) is 17.1 Å². The fourth-order valence-corrected chi connectivity index (χ4v) is 2.36. The summed E-state index contributed by atoms with van der Waals surface area (Å²) in [7, 11) is 0. The van der Waals surface area contributed by atoms with Crippen LogP contribution in [0, 0.1) is 6.92 Å².